The van der Waals surface area contributed by atoms with Crippen LogP contribution in [0.15, 0.2) is 102 Å². The number of carbonyl (C=O) groups excluding carboxylic acids is 1. The van der Waals surface area contributed by atoms with E-state index in [9.17, 15) is 22.4 Å². The van der Waals surface area contributed by atoms with Crippen molar-refractivity contribution in [3.05, 3.63) is 114 Å². The molecule has 0 aliphatic rings. The third-order valence-electron chi connectivity index (χ3n) is 5.38. The maximum absolute atomic E-state index is 12.7. The molecule has 0 fully saturated rings. The summed E-state index contributed by atoms with van der Waals surface area (Å²) in [6, 6.07) is 27.4. The van der Waals surface area contributed by atoms with Gasteiger partial charge in [0.15, 0.2) is 0 Å². The van der Waals surface area contributed by atoms with Crippen LogP contribution < -0.4 is 19.6 Å². The van der Waals surface area contributed by atoms with E-state index < -0.39 is 24.9 Å². The van der Waals surface area contributed by atoms with Gasteiger partial charge in [-0.15, -0.1) is 0 Å². The molecule has 4 aromatic rings. The number of carbonyl (C=O) groups is 1. The average molecular weight is 538 g/mol. The molecule has 10 heteroatoms. The first-order chi connectivity index (χ1) is 18.9. The van der Waals surface area contributed by atoms with E-state index in [0.29, 0.717) is 5.56 Å². The topological polar surface area (TPSA) is 69.2 Å². The highest BCUT2D eigenvalue weighted by atomic mass is 19.3. The number of para-hydroxylation sites is 1. The smallest absolute Gasteiger partial charge is 0.387 e. The Morgan fingerprint density at radius 1 is 0.795 bits per heavy atom. The van der Waals surface area contributed by atoms with Gasteiger partial charge in [-0.3, -0.25) is 4.79 Å². The van der Waals surface area contributed by atoms with Gasteiger partial charge < -0.3 is 14.2 Å². The lowest BCUT2D eigenvalue weighted by atomic mass is 10.0. The standard InChI is InChI=1S/C29H22F4N2O4/c30-28(31)38-23-15-14-22(26(16-23)39-29(32)33)17-34-35-27(36)21-12-10-19(11-13-21)18-37-25-9-5-4-8-24(25)20-6-2-1-3-7-20/h1-17,28-29H,18H2,(H,35,36)/b34-17-. The molecule has 0 saturated heterocycles. The second-order valence-corrected chi connectivity index (χ2v) is 8.00. The number of hydrogen-bond donors (Lipinski definition) is 1. The maximum atomic E-state index is 12.7. The molecule has 0 heterocycles. The SMILES string of the molecule is O=C(N/N=C\c1ccc(OC(F)F)cc1OC(F)F)c1ccc(COc2ccccc2-c2ccccc2)cc1. The van der Waals surface area contributed by atoms with E-state index in [1.165, 1.54) is 6.07 Å². The predicted molar refractivity (Wildman–Crippen MR) is 137 cm³/mol. The molecule has 39 heavy (non-hydrogen) atoms. The fourth-order valence-corrected chi connectivity index (χ4v) is 3.58. The summed E-state index contributed by atoms with van der Waals surface area (Å²) >= 11 is 0. The Bertz CT molecular complexity index is 1410. The number of nitrogens with zero attached hydrogens (tertiary/aromatic N) is 1. The van der Waals surface area contributed by atoms with Crippen LogP contribution in [0.25, 0.3) is 11.1 Å². The van der Waals surface area contributed by atoms with Crippen LogP contribution in [0.5, 0.6) is 17.2 Å². The van der Waals surface area contributed by atoms with E-state index in [2.05, 4.69) is 20.0 Å². The van der Waals surface area contributed by atoms with E-state index in [1.807, 2.05) is 54.6 Å². The van der Waals surface area contributed by atoms with Gasteiger partial charge in [0.1, 0.15) is 23.9 Å². The molecule has 0 atom stereocenters. The van der Waals surface area contributed by atoms with Gasteiger partial charge in [-0.2, -0.15) is 22.7 Å². The van der Waals surface area contributed by atoms with Crippen LogP contribution in [-0.2, 0) is 6.61 Å². The third-order valence-corrected chi connectivity index (χ3v) is 5.38. The van der Waals surface area contributed by atoms with E-state index >= 15 is 0 Å². The second-order valence-electron chi connectivity index (χ2n) is 8.00. The molecular formula is C29H22F4N2O4. The lowest BCUT2D eigenvalue weighted by molar-refractivity contribution is -0.0543. The summed E-state index contributed by atoms with van der Waals surface area (Å²) in [7, 11) is 0. The number of hydrogen-bond acceptors (Lipinski definition) is 5. The van der Waals surface area contributed by atoms with Crippen molar-refractivity contribution in [3.8, 4) is 28.4 Å². The fraction of sp³-hybridized carbons (Fsp3) is 0.103. The van der Waals surface area contributed by atoms with Gasteiger partial charge >= 0.3 is 13.2 Å². The van der Waals surface area contributed by atoms with Crippen LogP contribution in [0.3, 0.4) is 0 Å². The number of ether oxygens (including phenoxy) is 3. The molecule has 0 unspecified atom stereocenters. The van der Waals surface area contributed by atoms with Crippen LogP contribution in [0.2, 0.25) is 0 Å². The minimum atomic E-state index is -3.21. The van der Waals surface area contributed by atoms with Gasteiger partial charge in [0, 0.05) is 22.8 Å². The number of amides is 1. The molecule has 0 spiro atoms. The minimum absolute atomic E-state index is 0.0143. The average Bonchev–Trinajstić information content (AvgIpc) is 2.93. The monoisotopic (exact) mass is 538 g/mol. The van der Waals surface area contributed by atoms with Gasteiger partial charge in [-0.1, -0.05) is 60.7 Å². The van der Waals surface area contributed by atoms with Crippen LogP contribution in [-0.4, -0.2) is 25.3 Å². The highest BCUT2D eigenvalue weighted by Gasteiger charge is 2.13. The number of rotatable bonds is 11. The van der Waals surface area contributed by atoms with E-state index in [1.54, 1.807) is 24.3 Å². The highest BCUT2D eigenvalue weighted by Crippen LogP contribution is 2.30. The Hall–Kier alpha value is -4.86. The lowest BCUT2D eigenvalue weighted by Gasteiger charge is -2.12. The minimum Gasteiger partial charge on any atom is -0.488 e. The summed E-state index contributed by atoms with van der Waals surface area (Å²) in [4.78, 5) is 12.5. The zero-order valence-electron chi connectivity index (χ0n) is 20.3. The summed E-state index contributed by atoms with van der Waals surface area (Å²) in [5, 5.41) is 3.75. The van der Waals surface area contributed by atoms with Crippen LogP contribution in [0.1, 0.15) is 21.5 Å². The van der Waals surface area contributed by atoms with Gasteiger partial charge in [-0.25, -0.2) is 5.43 Å². The first-order valence-corrected chi connectivity index (χ1v) is 11.6. The highest BCUT2D eigenvalue weighted by molar-refractivity contribution is 5.95. The number of benzene rings is 4. The molecule has 0 aliphatic carbocycles. The molecule has 0 aromatic heterocycles. The largest absolute Gasteiger partial charge is 0.488 e. The van der Waals surface area contributed by atoms with Crippen LogP contribution in [0.4, 0.5) is 17.6 Å². The molecule has 1 amide bonds. The lowest BCUT2D eigenvalue weighted by Crippen LogP contribution is -2.17. The Labute approximate surface area is 221 Å². The van der Waals surface area contributed by atoms with Crippen LogP contribution >= 0.6 is 0 Å². The quantitative estimate of drug-likeness (QED) is 0.128. The number of hydrazone groups is 1. The first kappa shape index (κ1) is 27.2. The van der Waals surface area contributed by atoms with Crippen molar-refractivity contribution < 1.29 is 36.6 Å². The molecule has 6 nitrogen and oxygen atoms in total. The molecule has 4 rings (SSSR count). The van der Waals surface area contributed by atoms with Crippen molar-refractivity contribution >= 4 is 12.1 Å². The normalized spacial score (nSPS) is 11.1. The maximum Gasteiger partial charge on any atom is 0.387 e. The van der Waals surface area contributed by atoms with Crippen molar-refractivity contribution in [2.45, 2.75) is 19.8 Å². The first-order valence-electron chi connectivity index (χ1n) is 11.6. The summed E-state index contributed by atoms with van der Waals surface area (Å²) in [5.74, 6) is -0.639. The second kappa shape index (κ2) is 13.1. The Morgan fingerprint density at radius 3 is 2.21 bits per heavy atom. The van der Waals surface area contributed by atoms with Gasteiger partial charge in [-0.05, 0) is 41.5 Å². The molecule has 0 bridgehead atoms. The van der Waals surface area contributed by atoms with Gasteiger partial charge in [0.05, 0.1) is 6.21 Å². The molecular weight excluding hydrogens is 516 g/mol. The number of nitrogens with one attached hydrogen (secondary N) is 1. The van der Waals surface area contributed by atoms with Crippen molar-refractivity contribution in [1.29, 1.82) is 0 Å². The Kier molecular flexibility index (Phi) is 9.12. The van der Waals surface area contributed by atoms with Gasteiger partial charge in [0.2, 0.25) is 0 Å². The van der Waals surface area contributed by atoms with E-state index in [0.717, 1.165) is 40.8 Å². The Balaban J connectivity index is 1.36. The third kappa shape index (κ3) is 7.81. The summed E-state index contributed by atoms with van der Waals surface area (Å²) < 4.78 is 64.8. The predicted octanol–water partition coefficient (Wildman–Crippen LogP) is 6.90. The molecule has 200 valence electrons. The van der Waals surface area contributed by atoms with Gasteiger partial charge in [0.25, 0.3) is 5.91 Å². The molecule has 1 N–H and O–H groups in total. The van der Waals surface area contributed by atoms with Crippen LogP contribution in [0, 0.1) is 0 Å². The molecule has 0 aliphatic heterocycles. The zero-order valence-corrected chi connectivity index (χ0v) is 20.3. The van der Waals surface area contributed by atoms with Crippen molar-refractivity contribution in [2.24, 2.45) is 5.10 Å². The summed E-state index contributed by atoms with van der Waals surface area (Å²) in [5.41, 5.74) is 5.42. The molecule has 0 radical (unpaired) electrons. The molecule has 0 saturated carbocycles. The summed E-state index contributed by atoms with van der Waals surface area (Å²) in [6.07, 6.45) is 1.05. The fourth-order valence-electron chi connectivity index (χ4n) is 3.58. The summed E-state index contributed by atoms with van der Waals surface area (Å²) in [6.45, 7) is -6.06. The van der Waals surface area contributed by atoms with Crippen molar-refractivity contribution in [2.75, 3.05) is 0 Å². The number of alkyl halides is 4. The Morgan fingerprint density at radius 2 is 1.49 bits per heavy atom. The zero-order chi connectivity index (χ0) is 27.6. The van der Waals surface area contributed by atoms with Crippen molar-refractivity contribution in [1.82, 2.24) is 5.43 Å². The van der Waals surface area contributed by atoms with E-state index in [4.69, 9.17) is 4.74 Å². The molecule has 4 aromatic carbocycles. The van der Waals surface area contributed by atoms with Crippen molar-refractivity contribution in [3.63, 3.8) is 0 Å². The number of halogens is 4. The van der Waals surface area contributed by atoms with E-state index in [-0.39, 0.29) is 17.9 Å².